The smallest absolute Gasteiger partial charge is 0.243 e. The molecule has 0 saturated carbocycles. The predicted molar refractivity (Wildman–Crippen MR) is 129 cm³/mol. The molecular weight excluding hydrogens is 483 g/mol. The molecule has 1 unspecified atom stereocenters. The summed E-state index contributed by atoms with van der Waals surface area (Å²) in [6.07, 6.45) is 1.83. The minimum atomic E-state index is -0.0240. The van der Waals surface area contributed by atoms with E-state index in [-0.39, 0.29) is 36.4 Å². The summed E-state index contributed by atoms with van der Waals surface area (Å²) in [6, 6.07) is 10.4. The van der Waals surface area contributed by atoms with Crippen LogP contribution >= 0.6 is 24.0 Å². The summed E-state index contributed by atoms with van der Waals surface area (Å²) in [5, 5.41) is 6.56. The molecule has 0 aliphatic heterocycles. The first-order chi connectivity index (χ1) is 13.5. The van der Waals surface area contributed by atoms with Gasteiger partial charge in [0.25, 0.3) is 0 Å². The van der Waals surface area contributed by atoms with E-state index in [1.54, 1.807) is 14.1 Å². The number of ether oxygens (including phenoxy) is 2. The SMILES string of the molecule is CCC(C)NC(=NCC(=O)N(C)C)NCCCOCCOCc1ccccc1.I. The highest BCUT2D eigenvalue weighted by molar-refractivity contribution is 14.0. The molecule has 0 radical (unpaired) electrons. The summed E-state index contributed by atoms with van der Waals surface area (Å²) in [5.41, 5.74) is 1.17. The van der Waals surface area contributed by atoms with Gasteiger partial charge < -0.3 is 25.0 Å². The minimum absolute atomic E-state index is 0. The molecule has 1 aromatic carbocycles. The Morgan fingerprint density at radius 2 is 1.83 bits per heavy atom. The van der Waals surface area contributed by atoms with Crippen molar-refractivity contribution in [2.45, 2.75) is 39.3 Å². The maximum absolute atomic E-state index is 11.7. The van der Waals surface area contributed by atoms with Crippen LogP contribution < -0.4 is 10.6 Å². The lowest BCUT2D eigenvalue weighted by atomic mass is 10.2. The van der Waals surface area contributed by atoms with Gasteiger partial charge in [-0.3, -0.25) is 4.79 Å². The van der Waals surface area contributed by atoms with Crippen LogP contribution in [0.3, 0.4) is 0 Å². The Kier molecular flexibility index (Phi) is 16.6. The highest BCUT2D eigenvalue weighted by Crippen LogP contribution is 2.00. The van der Waals surface area contributed by atoms with Crippen LogP contribution in [-0.4, -0.2) is 69.8 Å². The van der Waals surface area contributed by atoms with Crippen molar-refractivity contribution in [1.29, 1.82) is 0 Å². The van der Waals surface area contributed by atoms with Crippen molar-refractivity contribution in [2.75, 3.05) is 47.0 Å². The van der Waals surface area contributed by atoms with Gasteiger partial charge in [0.15, 0.2) is 5.96 Å². The highest BCUT2D eigenvalue weighted by Gasteiger charge is 2.06. The summed E-state index contributed by atoms with van der Waals surface area (Å²) in [7, 11) is 3.46. The maximum atomic E-state index is 11.7. The van der Waals surface area contributed by atoms with E-state index in [4.69, 9.17) is 9.47 Å². The zero-order valence-electron chi connectivity index (χ0n) is 18.1. The second kappa shape index (κ2) is 17.5. The van der Waals surface area contributed by atoms with Gasteiger partial charge in [-0.25, -0.2) is 4.99 Å². The average molecular weight is 520 g/mol. The largest absolute Gasteiger partial charge is 0.379 e. The Morgan fingerprint density at radius 3 is 2.48 bits per heavy atom. The Morgan fingerprint density at radius 1 is 1.14 bits per heavy atom. The molecule has 1 aromatic rings. The van der Waals surface area contributed by atoms with Gasteiger partial charge >= 0.3 is 0 Å². The average Bonchev–Trinajstić information content (AvgIpc) is 2.70. The number of rotatable bonds is 13. The topological polar surface area (TPSA) is 75.2 Å². The summed E-state index contributed by atoms with van der Waals surface area (Å²) in [4.78, 5) is 17.6. The molecule has 1 amide bonds. The standard InChI is InChI=1S/C21H36N4O3.HI/c1-5-18(2)24-21(23-16-20(26)25(3)4)22-12-9-13-27-14-15-28-17-19-10-7-6-8-11-19;/h6-8,10-11,18H,5,9,12-17H2,1-4H3,(H2,22,23,24);1H. The predicted octanol–water partition coefficient (Wildman–Crippen LogP) is 2.65. The van der Waals surface area contributed by atoms with Crippen LogP contribution in [0.4, 0.5) is 0 Å². The Balaban J connectivity index is 0.00000784. The third-order valence-corrected chi connectivity index (χ3v) is 4.11. The highest BCUT2D eigenvalue weighted by atomic mass is 127. The van der Waals surface area contributed by atoms with E-state index in [1.807, 2.05) is 30.3 Å². The van der Waals surface area contributed by atoms with Crippen LogP contribution in [0.5, 0.6) is 0 Å². The van der Waals surface area contributed by atoms with Gasteiger partial charge in [-0.15, -0.1) is 24.0 Å². The second-order valence-electron chi connectivity index (χ2n) is 6.84. The molecule has 0 aliphatic rings. The minimum Gasteiger partial charge on any atom is -0.379 e. The molecule has 0 aliphatic carbocycles. The molecule has 166 valence electrons. The van der Waals surface area contributed by atoms with E-state index in [0.29, 0.717) is 38.4 Å². The van der Waals surface area contributed by atoms with Crippen molar-refractivity contribution in [2.24, 2.45) is 4.99 Å². The fraction of sp³-hybridized carbons (Fsp3) is 0.619. The molecule has 0 aromatic heterocycles. The van der Waals surface area contributed by atoms with Gasteiger partial charge in [0, 0.05) is 33.3 Å². The van der Waals surface area contributed by atoms with Crippen LogP contribution in [0.2, 0.25) is 0 Å². The van der Waals surface area contributed by atoms with Gasteiger partial charge in [0.05, 0.1) is 19.8 Å². The zero-order valence-corrected chi connectivity index (χ0v) is 20.5. The third kappa shape index (κ3) is 14.3. The van der Waals surface area contributed by atoms with E-state index in [0.717, 1.165) is 19.4 Å². The van der Waals surface area contributed by atoms with E-state index >= 15 is 0 Å². The quantitative estimate of drug-likeness (QED) is 0.181. The number of carbonyl (C=O) groups excluding carboxylic acids is 1. The number of guanidine groups is 1. The molecule has 0 bridgehead atoms. The van der Waals surface area contributed by atoms with Gasteiger partial charge in [0.2, 0.25) is 5.91 Å². The van der Waals surface area contributed by atoms with Crippen molar-refractivity contribution in [3.05, 3.63) is 35.9 Å². The molecule has 7 nitrogen and oxygen atoms in total. The molecule has 0 spiro atoms. The molecule has 29 heavy (non-hydrogen) atoms. The number of aliphatic imine (C=N–C) groups is 1. The molecule has 0 saturated heterocycles. The summed E-state index contributed by atoms with van der Waals surface area (Å²) in [5.74, 6) is 0.639. The number of nitrogens with one attached hydrogen (secondary N) is 2. The van der Waals surface area contributed by atoms with E-state index in [1.165, 1.54) is 10.5 Å². The monoisotopic (exact) mass is 520 g/mol. The van der Waals surface area contributed by atoms with E-state index in [9.17, 15) is 4.79 Å². The van der Waals surface area contributed by atoms with E-state index in [2.05, 4.69) is 29.5 Å². The number of halogens is 1. The van der Waals surface area contributed by atoms with Gasteiger partial charge in [0.1, 0.15) is 6.54 Å². The van der Waals surface area contributed by atoms with E-state index < -0.39 is 0 Å². The first-order valence-electron chi connectivity index (χ1n) is 9.97. The number of hydrogen-bond donors (Lipinski definition) is 2. The summed E-state index contributed by atoms with van der Waals surface area (Å²) >= 11 is 0. The van der Waals surface area contributed by atoms with Gasteiger partial charge in [-0.2, -0.15) is 0 Å². The second-order valence-corrected chi connectivity index (χ2v) is 6.84. The summed E-state index contributed by atoms with van der Waals surface area (Å²) in [6.45, 7) is 7.47. The van der Waals surface area contributed by atoms with Gasteiger partial charge in [-0.1, -0.05) is 37.3 Å². The molecule has 2 N–H and O–H groups in total. The van der Waals surface area contributed by atoms with Crippen molar-refractivity contribution in [1.82, 2.24) is 15.5 Å². The van der Waals surface area contributed by atoms with Crippen LogP contribution in [0.1, 0.15) is 32.3 Å². The van der Waals surface area contributed by atoms with Crippen LogP contribution in [0.25, 0.3) is 0 Å². The van der Waals surface area contributed by atoms with Crippen molar-refractivity contribution < 1.29 is 14.3 Å². The normalized spacial score (nSPS) is 12.1. The molecule has 1 atom stereocenters. The number of hydrogen-bond acceptors (Lipinski definition) is 4. The van der Waals surface area contributed by atoms with Crippen molar-refractivity contribution >= 4 is 35.8 Å². The fourth-order valence-electron chi connectivity index (χ4n) is 2.14. The number of carbonyl (C=O) groups is 1. The molecule has 0 fully saturated rings. The van der Waals surface area contributed by atoms with Crippen LogP contribution in [0.15, 0.2) is 35.3 Å². The first kappa shape index (κ1) is 27.6. The number of amides is 1. The Labute approximate surface area is 192 Å². The van der Waals surface area contributed by atoms with Gasteiger partial charge in [-0.05, 0) is 25.3 Å². The molecule has 1 rings (SSSR count). The third-order valence-electron chi connectivity index (χ3n) is 4.11. The molecule has 0 heterocycles. The van der Waals surface area contributed by atoms with Crippen molar-refractivity contribution in [3.8, 4) is 0 Å². The van der Waals surface area contributed by atoms with Crippen LogP contribution in [0, 0.1) is 0 Å². The fourth-order valence-corrected chi connectivity index (χ4v) is 2.14. The molecular formula is C21H37IN4O3. The zero-order chi connectivity index (χ0) is 20.6. The lowest BCUT2D eigenvalue weighted by Gasteiger charge is -2.17. The number of benzene rings is 1. The van der Waals surface area contributed by atoms with Crippen LogP contribution in [-0.2, 0) is 20.9 Å². The maximum Gasteiger partial charge on any atom is 0.243 e. The number of nitrogens with zero attached hydrogens (tertiary/aromatic N) is 2. The lowest BCUT2D eigenvalue weighted by Crippen LogP contribution is -2.43. The number of likely N-dealkylation sites (N-methyl/N-ethyl adjacent to an activating group) is 1. The Hall–Kier alpha value is -1.39. The van der Waals surface area contributed by atoms with Crippen molar-refractivity contribution in [3.63, 3.8) is 0 Å². The lowest BCUT2D eigenvalue weighted by molar-refractivity contribution is -0.127. The first-order valence-corrected chi connectivity index (χ1v) is 9.97. The summed E-state index contributed by atoms with van der Waals surface area (Å²) < 4.78 is 11.2. The Bertz CT molecular complexity index is 570. The molecule has 8 heteroatoms.